The Hall–Kier alpha value is -3.46. The molecule has 170 valence electrons. The largest absolute Gasteiger partial charge is 0.497 e. The molecule has 3 aromatic heterocycles. The fourth-order valence-corrected chi connectivity index (χ4v) is 4.97. The highest BCUT2D eigenvalue weighted by molar-refractivity contribution is 7.16. The summed E-state index contributed by atoms with van der Waals surface area (Å²) in [7, 11) is 1.68. The molecule has 8 nitrogen and oxygen atoms in total. The predicted molar refractivity (Wildman–Crippen MR) is 132 cm³/mol. The number of nitrogens with one attached hydrogen (secondary N) is 1. The van der Waals surface area contributed by atoms with E-state index in [9.17, 15) is 0 Å². The van der Waals surface area contributed by atoms with Gasteiger partial charge in [-0.1, -0.05) is 12.1 Å². The second-order valence-electron chi connectivity index (χ2n) is 8.39. The highest BCUT2D eigenvalue weighted by atomic mass is 32.1. The van der Waals surface area contributed by atoms with Crippen molar-refractivity contribution in [2.24, 2.45) is 0 Å². The molecule has 5 rings (SSSR count). The summed E-state index contributed by atoms with van der Waals surface area (Å²) in [6, 6.07) is 10.3. The van der Waals surface area contributed by atoms with Crippen LogP contribution in [0.5, 0.6) is 5.75 Å². The number of fused-ring (bicyclic) bond motifs is 3. The van der Waals surface area contributed by atoms with E-state index < -0.39 is 0 Å². The van der Waals surface area contributed by atoms with Crippen molar-refractivity contribution in [3.63, 3.8) is 0 Å². The van der Waals surface area contributed by atoms with Crippen LogP contribution in [-0.4, -0.2) is 44.4 Å². The average molecular weight is 462 g/mol. The molecule has 0 saturated carbocycles. The molecule has 0 unspecified atom stereocenters. The van der Waals surface area contributed by atoms with Gasteiger partial charge in [-0.2, -0.15) is 5.10 Å². The van der Waals surface area contributed by atoms with Crippen LogP contribution in [0.4, 0.5) is 16.9 Å². The number of thiazole rings is 1. The van der Waals surface area contributed by atoms with Crippen molar-refractivity contribution in [3.05, 3.63) is 58.9 Å². The molecule has 9 heteroatoms. The summed E-state index contributed by atoms with van der Waals surface area (Å²) in [5, 5.41) is 9.07. The van der Waals surface area contributed by atoms with Gasteiger partial charge in [0.1, 0.15) is 5.75 Å². The van der Waals surface area contributed by atoms with E-state index in [2.05, 4.69) is 52.4 Å². The third-order valence-electron chi connectivity index (χ3n) is 5.69. The second-order valence-corrected chi connectivity index (χ2v) is 9.47. The van der Waals surface area contributed by atoms with E-state index in [1.807, 2.05) is 29.8 Å². The molecule has 0 spiro atoms. The predicted octanol–water partition coefficient (Wildman–Crippen LogP) is 4.68. The molecule has 1 aliphatic heterocycles. The number of aromatic nitrogens is 5. The SMILES string of the molecule is COc1ccc(Cn2cc3c(n2)N(C(C)C)CCc2sc(Nc4nccc(C)n4)nc2-3)cc1. The van der Waals surface area contributed by atoms with Crippen molar-refractivity contribution >= 4 is 28.2 Å². The molecule has 0 fully saturated rings. The number of aryl methyl sites for hydroxylation is 1. The molecule has 0 atom stereocenters. The normalized spacial score (nSPS) is 12.9. The molecular formula is C24H27N7OS. The Balaban J connectivity index is 1.49. The summed E-state index contributed by atoms with van der Waals surface area (Å²) < 4.78 is 7.29. The van der Waals surface area contributed by atoms with Crippen LogP contribution in [0.3, 0.4) is 0 Å². The Morgan fingerprint density at radius 3 is 2.70 bits per heavy atom. The van der Waals surface area contributed by atoms with Crippen molar-refractivity contribution in [2.45, 2.75) is 39.8 Å². The zero-order valence-corrected chi connectivity index (χ0v) is 20.1. The van der Waals surface area contributed by atoms with Gasteiger partial charge in [-0.05, 0) is 44.5 Å². The Morgan fingerprint density at radius 1 is 1.15 bits per heavy atom. The highest BCUT2D eigenvalue weighted by Gasteiger charge is 2.28. The molecule has 33 heavy (non-hydrogen) atoms. The van der Waals surface area contributed by atoms with Gasteiger partial charge in [-0.15, -0.1) is 11.3 Å². The molecule has 0 saturated heterocycles. The van der Waals surface area contributed by atoms with Gasteiger partial charge >= 0.3 is 0 Å². The van der Waals surface area contributed by atoms with E-state index in [1.165, 1.54) is 10.4 Å². The van der Waals surface area contributed by atoms with E-state index in [1.54, 1.807) is 24.6 Å². The first kappa shape index (κ1) is 21.4. The van der Waals surface area contributed by atoms with Gasteiger partial charge in [0.25, 0.3) is 0 Å². The minimum absolute atomic E-state index is 0.348. The minimum Gasteiger partial charge on any atom is -0.497 e. The second kappa shape index (κ2) is 8.82. The highest BCUT2D eigenvalue weighted by Crippen LogP contribution is 2.40. The molecular weight excluding hydrogens is 434 g/mol. The monoisotopic (exact) mass is 461 g/mol. The maximum Gasteiger partial charge on any atom is 0.229 e. The number of methoxy groups -OCH3 is 1. The summed E-state index contributed by atoms with van der Waals surface area (Å²) in [6.07, 6.45) is 4.80. The summed E-state index contributed by atoms with van der Waals surface area (Å²) >= 11 is 1.66. The van der Waals surface area contributed by atoms with Crippen molar-refractivity contribution in [1.29, 1.82) is 0 Å². The van der Waals surface area contributed by atoms with Crippen LogP contribution in [0.25, 0.3) is 11.3 Å². The smallest absolute Gasteiger partial charge is 0.229 e. The Morgan fingerprint density at radius 2 is 1.97 bits per heavy atom. The quantitative estimate of drug-likeness (QED) is 0.447. The fraction of sp³-hybridized carbons (Fsp3) is 0.333. The molecule has 0 amide bonds. The van der Waals surface area contributed by atoms with Crippen molar-refractivity contribution < 1.29 is 4.74 Å². The fourth-order valence-electron chi connectivity index (χ4n) is 4.01. The van der Waals surface area contributed by atoms with Crippen LogP contribution in [0.1, 0.15) is 30.0 Å². The standard InChI is InChI=1S/C24H27N7OS/c1-15(2)31-12-10-20-21(27-24(33-20)28-23-25-11-9-16(3)26-23)19-14-30(29-22(19)31)13-17-5-7-18(32-4)8-6-17/h5-9,11,14-15H,10,12-13H2,1-4H3,(H,25,26,27,28). The van der Waals surface area contributed by atoms with Crippen molar-refractivity contribution in [3.8, 4) is 17.0 Å². The summed E-state index contributed by atoms with van der Waals surface area (Å²) in [5.41, 5.74) is 4.15. The average Bonchev–Trinajstić information content (AvgIpc) is 3.35. The maximum absolute atomic E-state index is 5.28. The molecule has 4 heterocycles. The van der Waals surface area contributed by atoms with Crippen LogP contribution in [0, 0.1) is 6.92 Å². The van der Waals surface area contributed by atoms with Gasteiger partial charge in [0.15, 0.2) is 10.9 Å². The molecule has 1 aliphatic rings. The number of nitrogens with zero attached hydrogens (tertiary/aromatic N) is 6. The van der Waals surface area contributed by atoms with Crippen LogP contribution in [-0.2, 0) is 13.0 Å². The van der Waals surface area contributed by atoms with Gasteiger partial charge in [0, 0.05) is 42.0 Å². The van der Waals surface area contributed by atoms with E-state index in [-0.39, 0.29) is 0 Å². The first-order valence-electron chi connectivity index (χ1n) is 11.0. The number of hydrogen-bond acceptors (Lipinski definition) is 8. The van der Waals surface area contributed by atoms with Crippen LogP contribution < -0.4 is 15.0 Å². The van der Waals surface area contributed by atoms with E-state index >= 15 is 0 Å². The van der Waals surface area contributed by atoms with Gasteiger partial charge < -0.3 is 15.0 Å². The zero-order chi connectivity index (χ0) is 22.9. The lowest BCUT2D eigenvalue weighted by atomic mass is 10.2. The number of hydrogen-bond donors (Lipinski definition) is 1. The Bertz CT molecular complexity index is 1260. The third-order valence-corrected chi connectivity index (χ3v) is 6.72. The number of rotatable bonds is 6. The number of anilines is 3. The third kappa shape index (κ3) is 4.41. The van der Waals surface area contributed by atoms with Gasteiger partial charge in [0.05, 0.1) is 24.9 Å². The van der Waals surface area contributed by atoms with Gasteiger partial charge in [0.2, 0.25) is 5.95 Å². The lowest BCUT2D eigenvalue weighted by molar-refractivity contribution is 0.414. The number of benzene rings is 1. The first-order chi connectivity index (χ1) is 16.0. The van der Waals surface area contributed by atoms with Gasteiger partial charge in [-0.25, -0.2) is 15.0 Å². The maximum atomic E-state index is 5.28. The Labute approximate surface area is 197 Å². The molecule has 4 aromatic rings. The molecule has 0 bridgehead atoms. The first-order valence-corrected chi connectivity index (χ1v) is 11.9. The summed E-state index contributed by atoms with van der Waals surface area (Å²) in [4.78, 5) is 17.3. The van der Waals surface area contributed by atoms with Crippen molar-refractivity contribution in [2.75, 3.05) is 23.9 Å². The summed E-state index contributed by atoms with van der Waals surface area (Å²) in [6.45, 7) is 7.96. The molecule has 1 aromatic carbocycles. The molecule has 0 radical (unpaired) electrons. The van der Waals surface area contributed by atoms with E-state index in [4.69, 9.17) is 14.8 Å². The minimum atomic E-state index is 0.348. The van der Waals surface area contributed by atoms with E-state index in [0.29, 0.717) is 18.5 Å². The Kier molecular flexibility index (Phi) is 5.72. The van der Waals surface area contributed by atoms with Crippen LogP contribution in [0.2, 0.25) is 0 Å². The topological polar surface area (TPSA) is 81.0 Å². The van der Waals surface area contributed by atoms with E-state index in [0.717, 1.165) is 46.6 Å². The summed E-state index contributed by atoms with van der Waals surface area (Å²) in [5.74, 6) is 2.41. The van der Waals surface area contributed by atoms with Gasteiger partial charge in [-0.3, -0.25) is 4.68 Å². The van der Waals surface area contributed by atoms with Crippen LogP contribution >= 0.6 is 11.3 Å². The molecule has 0 aliphatic carbocycles. The van der Waals surface area contributed by atoms with Crippen molar-refractivity contribution in [1.82, 2.24) is 24.7 Å². The van der Waals surface area contributed by atoms with Crippen LogP contribution in [0.15, 0.2) is 42.7 Å². The zero-order valence-electron chi connectivity index (χ0n) is 19.2. The molecule has 1 N–H and O–H groups in total. The number of ether oxygens (including phenoxy) is 1. The lowest BCUT2D eigenvalue weighted by Gasteiger charge is -2.25. The lowest BCUT2D eigenvalue weighted by Crippen LogP contribution is -2.32.